The van der Waals surface area contributed by atoms with E-state index in [0.29, 0.717) is 5.95 Å². The first kappa shape index (κ1) is 18.0. The zero-order valence-electron chi connectivity index (χ0n) is 15.3. The normalized spacial score (nSPS) is 16.5. The highest BCUT2D eigenvalue weighted by Crippen LogP contribution is 2.23. The Morgan fingerprint density at radius 1 is 1.31 bits per heavy atom. The fourth-order valence-electron chi connectivity index (χ4n) is 3.15. The van der Waals surface area contributed by atoms with Crippen LogP contribution in [-0.2, 0) is 11.2 Å². The van der Waals surface area contributed by atoms with Crippen LogP contribution in [0.5, 0.6) is 0 Å². The molecule has 2 heterocycles. The minimum absolute atomic E-state index is 0.0110. The topological polar surface area (TPSA) is 96.2 Å². The number of carbonyl (C=O) groups excluding carboxylic acids is 1. The van der Waals surface area contributed by atoms with Crippen molar-refractivity contribution in [2.24, 2.45) is 0 Å². The number of benzene rings is 1. The fraction of sp³-hybridized carbons (Fsp3) is 0.421. The number of hydrogen-bond donors (Lipinski definition) is 3. The molecule has 3 rings (SSSR count). The molecule has 138 valence electrons. The molecule has 1 aromatic carbocycles. The summed E-state index contributed by atoms with van der Waals surface area (Å²) < 4.78 is 0. The first-order valence-electron chi connectivity index (χ1n) is 9.06. The number of nitrogens with one attached hydrogen (secondary N) is 2. The SMILES string of the molecule is CCCc1cc(N2CCC(NC(C)=O)C2)nc(Nc2ccc(N)cc2)n1. The lowest BCUT2D eigenvalue weighted by molar-refractivity contribution is -0.119. The molecule has 1 aromatic heterocycles. The minimum atomic E-state index is 0.0110. The summed E-state index contributed by atoms with van der Waals surface area (Å²) in [6, 6.07) is 9.73. The van der Waals surface area contributed by atoms with Crippen LogP contribution < -0.4 is 21.3 Å². The largest absolute Gasteiger partial charge is 0.399 e. The fourth-order valence-corrected chi connectivity index (χ4v) is 3.15. The van der Waals surface area contributed by atoms with Crippen molar-refractivity contribution in [3.05, 3.63) is 36.0 Å². The number of nitrogens with zero attached hydrogens (tertiary/aromatic N) is 3. The molecular formula is C19H26N6O. The standard InChI is InChI=1S/C19H26N6O/c1-3-4-16-11-18(25-10-9-17(12-25)21-13(2)26)24-19(23-16)22-15-7-5-14(20)6-8-15/h5-8,11,17H,3-4,9-10,12,20H2,1-2H3,(H,21,26)(H,22,23,24). The van der Waals surface area contributed by atoms with Crippen LogP contribution in [0, 0.1) is 0 Å². The molecule has 2 aromatic rings. The maximum absolute atomic E-state index is 11.3. The molecule has 1 aliphatic rings. The second kappa shape index (κ2) is 8.03. The molecule has 0 saturated carbocycles. The quantitative estimate of drug-likeness (QED) is 0.690. The van der Waals surface area contributed by atoms with E-state index < -0.39 is 0 Å². The maximum Gasteiger partial charge on any atom is 0.229 e. The third-order valence-corrected chi connectivity index (χ3v) is 4.36. The van der Waals surface area contributed by atoms with Gasteiger partial charge < -0.3 is 21.3 Å². The van der Waals surface area contributed by atoms with Crippen molar-refractivity contribution in [2.75, 3.05) is 29.0 Å². The predicted octanol–water partition coefficient (Wildman–Crippen LogP) is 2.47. The highest BCUT2D eigenvalue weighted by molar-refractivity contribution is 5.73. The highest BCUT2D eigenvalue weighted by atomic mass is 16.1. The van der Waals surface area contributed by atoms with Crippen molar-refractivity contribution in [3.8, 4) is 0 Å². The first-order chi connectivity index (χ1) is 12.5. The van der Waals surface area contributed by atoms with Crippen LogP contribution in [0.15, 0.2) is 30.3 Å². The van der Waals surface area contributed by atoms with Gasteiger partial charge in [0.05, 0.1) is 0 Å². The molecular weight excluding hydrogens is 328 g/mol. The molecule has 0 radical (unpaired) electrons. The molecule has 4 N–H and O–H groups in total. The van der Waals surface area contributed by atoms with E-state index in [0.717, 1.165) is 55.2 Å². The monoisotopic (exact) mass is 354 g/mol. The number of aryl methyl sites for hydroxylation is 1. The van der Waals surface area contributed by atoms with Crippen molar-refractivity contribution in [1.82, 2.24) is 15.3 Å². The lowest BCUT2D eigenvalue weighted by Crippen LogP contribution is -2.35. The van der Waals surface area contributed by atoms with Crippen LogP contribution in [-0.4, -0.2) is 35.0 Å². The number of nitrogen functional groups attached to an aromatic ring is 1. The molecule has 7 nitrogen and oxygen atoms in total. The molecule has 1 atom stereocenters. The van der Waals surface area contributed by atoms with Crippen LogP contribution in [0.2, 0.25) is 0 Å². The molecule has 1 unspecified atom stereocenters. The second-order valence-corrected chi connectivity index (χ2v) is 6.67. The summed E-state index contributed by atoms with van der Waals surface area (Å²) in [5.74, 6) is 1.49. The Hall–Kier alpha value is -2.83. The summed E-state index contributed by atoms with van der Waals surface area (Å²) in [5, 5.41) is 6.25. The number of anilines is 4. The van der Waals surface area contributed by atoms with Gasteiger partial charge in [-0.3, -0.25) is 4.79 Å². The van der Waals surface area contributed by atoms with Gasteiger partial charge in [-0.05, 0) is 37.1 Å². The molecule has 1 amide bonds. The van der Waals surface area contributed by atoms with Crippen molar-refractivity contribution in [3.63, 3.8) is 0 Å². The number of carbonyl (C=O) groups is 1. The van der Waals surface area contributed by atoms with E-state index in [2.05, 4.69) is 32.4 Å². The summed E-state index contributed by atoms with van der Waals surface area (Å²) in [4.78, 5) is 22.8. The average Bonchev–Trinajstić information content (AvgIpc) is 3.05. The van der Waals surface area contributed by atoms with Gasteiger partial charge in [-0.15, -0.1) is 0 Å². The summed E-state index contributed by atoms with van der Waals surface area (Å²) in [6.45, 7) is 5.33. The van der Waals surface area contributed by atoms with Gasteiger partial charge in [0.1, 0.15) is 5.82 Å². The number of aromatic nitrogens is 2. The average molecular weight is 354 g/mol. The lowest BCUT2D eigenvalue weighted by atomic mass is 10.2. The molecule has 0 bridgehead atoms. The van der Waals surface area contributed by atoms with Gasteiger partial charge in [-0.25, -0.2) is 4.98 Å². The Morgan fingerprint density at radius 3 is 2.77 bits per heavy atom. The van der Waals surface area contributed by atoms with Gasteiger partial charge >= 0.3 is 0 Å². The summed E-state index contributed by atoms with van der Waals surface area (Å²) >= 11 is 0. The van der Waals surface area contributed by atoms with Crippen LogP contribution in [0.1, 0.15) is 32.4 Å². The van der Waals surface area contributed by atoms with Gasteiger partial charge in [-0.1, -0.05) is 13.3 Å². The Morgan fingerprint density at radius 2 is 2.08 bits per heavy atom. The number of rotatable bonds is 6. The van der Waals surface area contributed by atoms with Gasteiger partial charge in [0.15, 0.2) is 0 Å². The number of amides is 1. The molecule has 1 aliphatic heterocycles. The van der Waals surface area contributed by atoms with E-state index in [1.165, 1.54) is 0 Å². The van der Waals surface area contributed by atoms with Crippen LogP contribution in [0.4, 0.5) is 23.1 Å². The van der Waals surface area contributed by atoms with Gasteiger partial charge in [0.25, 0.3) is 0 Å². The smallest absolute Gasteiger partial charge is 0.229 e. The maximum atomic E-state index is 11.3. The number of nitrogens with two attached hydrogens (primary N) is 1. The highest BCUT2D eigenvalue weighted by Gasteiger charge is 2.24. The van der Waals surface area contributed by atoms with E-state index >= 15 is 0 Å². The molecule has 0 spiro atoms. The lowest BCUT2D eigenvalue weighted by Gasteiger charge is -2.19. The molecule has 1 saturated heterocycles. The third-order valence-electron chi connectivity index (χ3n) is 4.36. The summed E-state index contributed by atoms with van der Waals surface area (Å²) in [5.41, 5.74) is 8.37. The summed E-state index contributed by atoms with van der Waals surface area (Å²) in [7, 11) is 0. The van der Waals surface area contributed by atoms with Crippen LogP contribution in [0.25, 0.3) is 0 Å². The van der Waals surface area contributed by atoms with Crippen molar-refractivity contribution >= 4 is 29.0 Å². The van der Waals surface area contributed by atoms with Crippen LogP contribution >= 0.6 is 0 Å². The Bertz CT molecular complexity index is 761. The third kappa shape index (κ3) is 4.62. The summed E-state index contributed by atoms with van der Waals surface area (Å²) in [6.07, 6.45) is 2.84. The van der Waals surface area contributed by atoms with E-state index in [-0.39, 0.29) is 11.9 Å². The van der Waals surface area contributed by atoms with Crippen molar-refractivity contribution in [2.45, 2.75) is 39.2 Å². The zero-order chi connectivity index (χ0) is 18.5. The second-order valence-electron chi connectivity index (χ2n) is 6.67. The Balaban J connectivity index is 1.80. The minimum Gasteiger partial charge on any atom is -0.399 e. The van der Waals surface area contributed by atoms with Gasteiger partial charge in [0.2, 0.25) is 11.9 Å². The van der Waals surface area contributed by atoms with Gasteiger partial charge in [-0.2, -0.15) is 4.98 Å². The van der Waals surface area contributed by atoms with E-state index in [4.69, 9.17) is 5.73 Å². The van der Waals surface area contributed by atoms with E-state index in [9.17, 15) is 4.79 Å². The predicted molar refractivity (Wildman–Crippen MR) is 105 cm³/mol. The first-order valence-corrected chi connectivity index (χ1v) is 9.06. The molecule has 0 aliphatic carbocycles. The zero-order valence-corrected chi connectivity index (χ0v) is 15.3. The Labute approximate surface area is 154 Å². The molecule has 1 fully saturated rings. The van der Waals surface area contributed by atoms with E-state index in [1.807, 2.05) is 30.3 Å². The van der Waals surface area contributed by atoms with Crippen molar-refractivity contribution < 1.29 is 4.79 Å². The van der Waals surface area contributed by atoms with Crippen molar-refractivity contribution in [1.29, 1.82) is 0 Å². The molecule has 26 heavy (non-hydrogen) atoms. The Kier molecular flexibility index (Phi) is 5.55. The van der Waals surface area contributed by atoms with Crippen LogP contribution in [0.3, 0.4) is 0 Å². The molecule has 7 heteroatoms. The van der Waals surface area contributed by atoms with E-state index in [1.54, 1.807) is 6.92 Å². The van der Waals surface area contributed by atoms with Gasteiger partial charge in [0, 0.05) is 49.2 Å². The number of hydrogen-bond acceptors (Lipinski definition) is 6.